The van der Waals surface area contributed by atoms with Crippen LogP contribution >= 0.6 is 0 Å². The highest BCUT2D eigenvalue weighted by Crippen LogP contribution is 2.23. The smallest absolute Gasteiger partial charge is 0.323 e. The first-order valence-electron chi connectivity index (χ1n) is 6.37. The minimum atomic E-state index is -1.03. The highest BCUT2D eigenvalue weighted by Gasteiger charge is 2.28. The highest BCUT2D eigenvalue weighted by molar-refractivity contribution is 5.80. The summed E-state index contributed by atoms with van der Waals surface area (Å²) in [7, 11) is 1.28. The van der Waals surface area contributed by atoms with Crippen molar-refractivity contribution >= 4 is 18.0 Å². The summed E-state index contributed by atoms with van der Waals surface area (Å²) in [6.07, 6.45) is 3.76. The van der Waals surface area contributed by atoms with Crippen LogP contribution in [0.3, 0.4) is 0 Å². The maximum Gasteiger partial charge on any atom is 0.323 e. The molecular formula is C12H20N2O5. The predicted octanol–water partition coefficient (Wildman–Crippen LogP) is 0.588. The van der Waals surface area contributed by atoms with E-state index in [1.54, 1.807) is 0 Å². The maximum atomic E-state index is 11.9. The van der Waals surface area contributed by atoms with E-state index < -0.39 is 18.0 Å². The van der Waals surface area contributed by atoms with Crippen molar-refractivity contribution in [1.29, 1.82) is 0 Å². The summed E-state index contributed by atoms with van der Waals surface area (Å²) in [5.41, 5.74) is 0. The van der Waals surface area contributed by atoms with E-state index in [-0.39, 0.29) is 25.6 Å². The van der Waals surface area contributed by atoms with Crippen molar-refractivity contribution in [3.8, 4) is 0 Å². The molecule has 19 heavy (non-hydrogen) atoms. The normalized spacial score (nSPS) is 15.0. The van der Waals surface area contributed by atoms with Crippen LogP contribution in [0.15, 0.2) is 0 Å². The van der Waals surface area contributed by atoms with Crippen molar-refractivity contribution in [2.24, 2.45) is 0 Å². The van der Waals surface area contributed by atoms with Gasteiger partial charge in [-0.2, -0.15) is 0 Å². The monoisotopic (exact) mass is 272 g/mol. The number of carboxylic acid groups (broad SMARTS) is 1. The second-order valence-corrected chi connectivity index (χ2v) is 4.52. The SMILES string of the molecule is COC(=O)CCNC(=O)N(CC(=O)O)C1CCCC1. The lowest BCUT2D eigenvalue weighted by atomic mass is 10.2. The minimum Gasteiger partial charge on any atom is -0.480 e. The molecule has 0 aromatic carbocycles. The average Bonchev–Trinajstić information content (AvgIpc) is 2.88. The molecule has 1 rings (SSSR count). The molecule has 2 N–H and O–H groups in total. The Hall–Kier alpha value is -1.79. The van der Waals surface area contributed by atoms with Crippen LogP contribution in [-0.4, -0.2) is 54.2 Å². The maximum absolute atomic E-state index is 11.9. The number of urea groups is 1. The summed E-state index contributed by atoms with van der Waals surface area (Å²) in [4.78, 5) is 35.0. The Balaban J connectivity index is 2.46. The van der Waals surface area contributed by atoms with Gasteiger partial charge in [0.25, 0.3) is 0 Å². The van der Waals surface area contributed by atoms with Gasteiger partial charge in [-0.05, 0) is 12.8 Å². The van der Waals surface area contributed by atoms with E-state index in [2.05, 4.69) is 10.1 Å². The zero-order chi connectivity index (χ0) is 14.3. The number of carbonyl (C=O) groups is 3. The third kappa shape index (κ3) is 5.15. The fraction of sp³-hybridized carbons (Fsp3) is 0.750. The van der Waals surface area contributed by atoms with Gasteiger partial charge < -0.3 is 20.1 Å². The number of hydrogen-bond acceptors (Lipinski definition) is 4. The number of hydrogen-bond donors (Lipinski definition) is 2. The van der Waals surface area contributed by atoms with Gasteiger partial charge in [0.1, 0.15) is 6.54 Å². The number of amides is 2. The summed E-state index contributed by atoms with van der Waals surface area (Å²) < 4.78 is 4.46. The molecule has 0 spiro atoms. The Bertz CT molecular complexity index is 339. The van der Waals surface area contributed by atoms with Crippen LogP contribution in [0.5, 0.6) is 0 Å². The lowest BCUT2D eigenvalue weighted by Crippen LogP contribution is -2.48. The molecule has 0 aromatic heterocycles. The summed E-state index contributed by atoms with van der Waals surface area (Å²) in [5, 5.41) is 11.4. The van der Waals surface area contributed by atoms with E-state index in [1.165, 1.54) is 12.0 Å². The summed E-state index contributed by atoms with van der Waals surface area (Å²) in [6, 6.07) is -0.451. The first-order chi connectivity index (χ1) is 9.04. The van der Waals surface area contributed by atoms with Gasteiger partial charge in [0.15, 0.2) is 0 Å². The predicted molar refractivity (Wildman–Crippen MR) is 66.6 cm³/mol. The molecule has 1 aliphatic rings. The zero-order valence-corrected chi connectivity index (χ0v) is 11.1. The molecule has 0 saturated heterocycles. The van der Waals surface area contributed by atoms with E-state index >= 15 is 0 Å². The lowest BCUT2D eigenvalue weighted by Gasteiger charge is -2.27. The molecule has 0 bridgehead atoms. The number of nitrogens with zero attached hydrogens (tertiary/aromatic N) is 1. The Morgan fingerprint density at radius 2 is 1.95 bits per heavy atom. The molecule has 1 saturated carbocycles. The van der Waals surface area contributed by atoms with E-state index in [0.717, 1.165) is 25.7 Å². The topological polar surface area (TPSA) is 95.9 Å². The zero-order valence-electron chi connectivity index (χ0n) is 11.1. The van der Waals surface area contributed by atoms with Gasteiger partial charge in [-0.3, -0.25) is 9.59 Å². The standard InChI is InChI=1S/C12H20N2O5/c1-19-11(17)6-7-13-12(18)14(8-10(15)16)9-4-2-3-5-9/h9H,2-8H2,1H3,(H,13,18)(H,15,16). The molecule has 7 heteroatoms. The van der Waals surface area contributed by atoms with Crippen LogP contribution < -0.4 is 5.32 Å². The van der Waals surface area contributed by atoms with Crippen molar-refractivity contribution in [3.63, 3.8) is 0 Å². The van der Waals surface area contributed by atoms with Gasteiger partial charge >= 0.3 is 18.0 Å². The number of nitrogens with one attached hydrogen (secondary N) is 1. The fourth-order valence-electron chi connectivity index (χ4n) is 2.20. The highest BCUT2D eigenvalue weighted by atomic mass is 16.5. The molecule has 1 fully saturated rings. The third-order valence-electron chi connectivity index (χ3n) is 3.16. The van der Waals surface area contributed by atoms with Crippen molar-refractivity contribution in [2.75, 3.05) is 20.2 Å². The van der Waals surface area contributed by atoms with E-state index in [0.29, 0.717) is 0 Å². The summed E-state index contributed by atoms with van der Waals surface area (Å²) >= 11 is 0. The lowest BCUT2D eigenvalue weighted by molar-refractivity contribution is -0.140. The largest absolute Gasteiger partial charge is 0.480 e. The minimum absolute atomic E-state index is 0.0192. The van der Waals surface area contributed by atoms with Crippen molar-refractivity contribution in [1.82, 2.24) is 10.2 Å². The molecule has 0 aromatic rings. The van der Waals surface area contributed by atoms with E-state index in [4.69, 9.17) is 5.11 Å². The van der Waals surface area contributed by atoms with Crippen molar-refractivity contribution in [2.45, 2.75) is 38.1 Å². The Kier molecular flexibility index (Phi) is 6.11. The number of methoxy groups -OCH3 is 1. The quantitative estimate of drug-likeness (QED) is 0.690. The Labute approximate surface area is 111 Å². The molecule has 2 amide bonds. The number of carbonyl (C=O) groups excluding carboxylic acids is 2. The van der Waals surface area contributed by atoms with Crippen LogP contribution in [0.25, 0.3) is 0 Å². The fourth-order valence-corrected chi connectivity index (χ4v) is 2.20. The molecule has 0 unspecified atom stereocenters. The van der Waals surface area contributed by atoms with Gasteiger partial charge in [0, 0.05) is 12.6 Å². The number of rotatable bonds is 6. The Morgan fingerprint density at radius 3 is 2.47 bits per heavy atom. The second-order valence-electron chi connectivity index (χ2n) is 4.52. The molecule has 108 valence electrons. The van der Waals surface area contributed by atoms with Crippen LogP contribution in [0, 0.1) is 0 Å². The molecule has 7 nitrogen and oxygen atoms in total. The summed E-state index contributed by atoms with van der Waals surface area (Å²) in [5.74, 6) is -1.44. The van der Waals surface area contributed by atoms with Crippen molar-refractivity contribution < 1.29 is 24.2 Å². The van der Waals surface area contributed by atoms with E-state index in [9.17, 15) is 14.4 Å². The van der Waals surface area contributed by atoms with E-state index in [1.807, 2.05) is 0 Å². The summed E-state index contributed by atoms with van der Waals surface area (Å²) in [6.45, 7) is -0.164. The number of esters is 1. The van der Waals surface area contributed by atoms with Gasteiger partial charge in [0.05, 0.1) is 13.5 Å². The van der Waals surface area contributed by atoms with Crippen molar-refractivity contribution in [3.05, 3.63) is 0 Å². The molecule has 0 radical (unpaired) electrons. The van der Waals surface area contributed by atoms with Gasteiger partial charge in [0.2, 0.25) is 0 Å². The van der Waals surface area contributed by atoms with Crippen LogP contribution in [0.1, 0.15) is 32.1 Å². The number of aliphatic carboxylic acids is 1. The van der Waals surface area contributed by atoms with Crippen LogP contribution in [0.2, 0.25) is 0 Å². The first kappa shape index (κ1) is 15.3. The number of carboxylic acids is 1. The molecular weight excluding hydrogens is 252 g/mol. The Morgan fingerprint density at radius 1 is 1.32 bits per heavy atom. The molecule has 0 aliphatic heterocycles. The molecule has 0 heterocycles. The second kappa shape index (κ2) is 7.60. The number of ether oxygens (including phenoxy) is 1. The van der Waals surface area contributed by atoms with Gasteiger partial charge in [-0.15, -0.1) is 0 Å². The van der Waals surface area contributed by atoms with Crippen LogP contribution in [-0.2, 0) is 14.3 Å². The van der Waals surface area contributed by atoms with Crippen LogP contribution in [0.4, 0.5) is 4.79 Å². The first-order valence-corrected chi connectivity index (χ1v) is 6.37. The van der Waals surface area contributed by atoms with Gasteiger partial charge in [-0.25, -0.2) is 4.79 Å². The average molecular weight is 272 g/mol. The molecule has 0 atom stereocenters. The third-order valence-corrected chi connectivity index (χ3v) is 3.16. The van der Waals surface area contributed by atoms with Gasteiger partial charge in [-0.1, -0.05) is 12.8 Å². The molecule has 1 aliphatic carbocycles.